The fourth-order valence-corrected chi connectivity index (χ4v) is 0.906. The van der Waals surface area contributed by atoms with Gasteiger partial charge in [0.05, 0.1) is 0 Å². The smallest absolute Gasteiger partial charge is 0.224 e. The van der Waals surface area contributed by atoms with Crippen LogP contribution >= 0.6 is 12.6 Å². The van der Waals surface area contributed by atoms with E-state index in [4.69, 9.17) is 0 Å². The number of hydrogen-bond donors (Lipinski definition) is 1. The van der Waals surface area contributed by atoms with Gasteiger partial charge in [0.2, 0.25) is 0 Å². The summed E-state index contributed by atoms with van der Waals surface area (Å²) in [5, 5.41) is 0. The lowest BCUT2D eigenvalue weighted by atomic mass is 10.0. The van der Waals surface area contributed by atoms with Gasteiger partial charge in [0.15, 0.2) is 0 Å². The Labute approximate surface area is 74.5 Å². The third-order valence-corrected chi connectivity index (χ3v) is 1.58. The lowest BCUT2D eigenvalue weighted by Crippen LogP contribution is -2.53. The summed E-state index contributed by atoms with van der Waals surface area (Å²) in [6, 6.07) is 0. The summed E-state index contributed by atoms with van der Waals surface area (Å²) < 4.78 is 82.5. The highest BCUT2D eigenvalue weighted by atomic mass is 32.1. The average Bonchev–Trinajstić information content (AvgIpc) is 1.82. The van der Waals surface area contributed by atoms with E-state index in [2.05, 4.69) is 12.6 Å². The van der Waals surface area contributed by atoms with E-state index < -0.39 is 30.2 Å². The Kier molecular flexibility index (Phi) is 3.51. The molecule has 0 aromatic heterocycles. The Morgan fingerprint density at radius 2 is 1.08 bits per heavy atom. The Bertz CT molecular complexity index is 155. The van der Waals surface area contributed by atoms with Crippen LogP contribution < -0.4 is 0 Å². The zero-order chi connectivity index (χ0) is 10.9. The second-order valence-electron chi connectivity index (χ2n) is 2.27. The van der Waals surface area contributed by atoms with Crippen LogP contribution in [0.1, 0.15) is 6.42 Å². The van der Waals surface area contributed by atoms with Crippen molar-refractivity contribution in [3.05, 3.63) is 0 Å². The predicted molar refractivity (Wildman–Crippen MR) is 34.4 cm³/mol. The van der Waals surface area contributed by atoms with E-state index in [0.717, 1.165) is 0 Å². The molecule has 0 fully saturated rings. The number of rotatable bonds is 2. The van der Waals surface area contributed by atoms with Gasteiger partial charge < -0.3 is 0 Å². The maximum Gasteiger partial charge on any atom is 0.431 e. The minimum Gasteiger partial charge on any atom is -0.224 e. The van der Waals surface area contributed by atoms with Gasteiger partial charge in [0.1, 0.15) is 0 Å². The topological polar surface area (TPSA) is 0 Å². The molecule has 0 atom stereocenters. The first-order valence-corrected chi connectivity index (χ1v) is 3.63. The zero-order valence-electron chi connectivity index (χ0n) is 6.01. The molecule has 0 saturated carbocycles. The van der Waals surface area contributed by atoms with Crippen LogP contribution in [0.25, 0.3) is 0 Å². The molecule has 0 aromatic rings. The van der Waals surface area contributed by atoms with Crippen LogP contribution in [0, 0.1) is 0 Å². The van der Waals surface area contributed by atoms with Crippen molar-refractivity contribution >= 4 is 12.6 Å². The monoisotopic (exact) mass is 230 g/mol. The van der Waals surface area contributed by atoms with Crippen LogP contribution in [-0.2, 0) is 0 Å². The molecular formula is C5H5F7S. The van der Waals surface area contributed by atoms with Crippen LogP contribution in [0.4, 0.5) is 30.7 Å². The zero-order valence-corrected chi connectivity index (χ0v) is 6.90. The molecule has 13 heavy (non-hydrogen) atoms. The molecule has 0 unspecified atom stereocenters. The molecule has 0 radical (unpaired) electrons. The lowest BCUT2D eigenvalue weighted by molar-refractivity contribution is -0.341. The molecular weight excluding hydrogens is 225 g/mol. The number of halogens is 7. The number of hydrogen-bond acceptors (Lipinski definition) is 1. The lowest BCUT2D eigenvalue weighted by Gasteiger charge is -2.29. The summed E-state index contributed by atoms with van der Waals surface area (Å²) in [7, 11) is 0. The molecule has 0 heterocycles. The highest BCUT2D eigenvalue weighted by Gasteiger charge is 2.71. The second-order valence-corrected chi connectivity index (χ2v) is 2.72. The van der Waals surface area contributed by atoms with Crippen molar-refractivity contribution in [3.8, 4) is 0 Å². The summed E-state index contributed by atoms with van der Waals surface area (Å²) in [4.78, 5) is 0. The first kappa shape index (κ1) is 12.9. The fraction of sp³-hybridized carbons (Fsp3) is 1.00. The van der Waals surface area contributed by atoms with Gasteiger partial charge in [-0.05, 0) is 5.75 Å². The highest BCUT2D eigenvalue weighted by molar-refractivity contribution is 7.80. The molecule has 80 valence electrons. The predicted octanol–water partition coefficient (Wildman–Crippen LogP) is 3.14. The van der Waals surface area contributed by atoms with Crippen molar-refractivity contribution in [1.29, 1.82) is 0 Å². The quantitative estimate of drug-likeness (QED) is 0.546. The Morgan fingerprint density at radius 3 is 1.15 bits per heavy atom. The number of alkyl halides is 7. The average molecular weight is 230 g/mol. The standard InChI is InChI=1S/C5H5F7S/c6-3(1-2-13,4(7,8)9)5(10,11)12/h13H,1-2H2. The van der Waals surface area contributed by atoms with E-state index in [1.807, 2.05) is 0 Å². The van der Waals surface area contributed by atoms with Gasteiger partial charge in [-0.3, -0.25) is 0 Å². The molecule has 0 rings (SSSR count). The van der Waals surface area contributed by atoms with Gasteiger partial charge >= 0.3 is 12.4 Å². The second kappa shape index (κ2) is 3.55. The van der Waals surface area contributed by atoms with E-state index in [-0.39, 0.29) is 0 Å². The van der Waals surface area contributed by atoms with E-state index in [0.29, 0.717) is 0 Å². The molecule has 0 aliphatic carbocycles. The van der Waals surface area contributed by atoms with Crippen molar-refractivity contribution in [3.63, 3.8) is 0 Å². The first-order chi connectivity index (χ1) is 5.56. The molecule has 0 saturated heterocycles. The van der Waals surface area contributed by atoms with Gasteiger partial charge in [-0.15, -0.1) is 0 Å². The Balaban J connectivity index is 4.96. The van der Waals surface area contributed by atoms with Crippen molar-refractivity contribution in [2.75, 3.05) is 5.75 Å². The van der Waals surface area contributed by atoms with Gasteiger partial charge in [-0.1, -0.05) is 0 Å². The fourth-order valence-electron chi connectivity index (χ4n) is 0.598. The van der Waals surface area contributed by atoms with Gasteiger partial charge in [0.25, 0.3) is 5.67 Å². The van der Waals surface area contributed by atoms with E-state index >= 15 is 0 Å². The third-order valence-electron chi connectivity index (χ3n) is 1.35. The molecule has 8 heteroatoms. The van der Waals surface area contributed by atoms with Crippen molar-refractivity contribution in [2.24, 2.45) is 0 Å². The van der Waals surface area contributed by atoms with Crippen LogP contribution in [0.15, 0.2) is 0 Å². The molecule has 0 aliphatic rings. The highest BCUT2D eigenvalue weighted by Crippen LogP contribution is 2.48. The minimum atomic E-state index is -5.95. The third kappa shape index (κ3) is 2.41. The molecule has 0 aromatic carbocycles. The van der Waals surface area contributed by atoms with Crippen molar-refractivity contribution in [1.82, 2.24) is 0 Å². The first-order valence-electron chi connectivity index (χ1n) is 2.99. The van der Waals surface area contributed by atoms with E-state index in [1.165, 1.54) is 0 Å². The number of thiol groups is 1. The van der Waals surface area contributed by atoms with Gasteiger partial charge in [-0.2, -0.15) is 39.0 Å². The van der Waals surface area contributed by atoms with Gasteiger partial charge in [-0.25, -0.2) is 4.39 Å². The maximum absolute atomic E-state index is 12.5. The minimum absolute atomic E-state index is 0.838. The van der Waals surface area contributed by atoms with Crippen LogP contribution in [0.3, 0.4) is 0 Å². The van der Waals surface area contributed by atoms with E-state index in [9.17, 15) is 30.7 Å². The summed E-state index contributed by atoms with van der Waals surface area (Å²) in [6.07, 6.45) is -13.6. The molecule has 0 spiro atoms. The Hall–Kier alpha value is -0.140. The van der Waals surface area contributed by atoms with Crippen LogP contribution in [0.2, 0.25) is 0 Å². The SMILES string of the molecule is FC(F)(F)C(F)(CCS)C(F)(F)F. The molecule has 0 amide bonds. The largest absolute Gasteiger partial charge is 0.431 e. The summed E-state index contributed by atoms with van der Waals surface area (Å²) in [6.45, 7) is 0. The molecule has 0 nitrogen and oxygen atoms in total. The van der Waals surface area contributed by atoms with Crippen LogP contribution in [-0.4, -0.2) is 23.8 Å². The maximum atomic E-state index is 12.5. The molecule has 0 bridgehead atoms. The van der Waals surface area contributed by atoms with E-state index in [1.54, 1.807) is 0 Å². The van der Waals surface area contributed by atoms with Gasteiger partial charge in [0, 0.05) is 6.42 Å². The summed E-state index contributed by atoms with van der Waals surface area (Å²) in [5.41, 5.74) is -5.15. The molecule has 0 N–H and O–H groups in total. The summed E-state index contributed by atoms with van der Waals surface area (Å²) >= 11 is 3.14. The Morgan fingerprint density at radius 1 is 0.769 bits per heavy atom. The normalized spacial score (nSPS) is 14.8. The van der Waals surface area contributed by atoms with Crippen LogP contribution in [0.5, 0.6) is 0 Å². The molecule has 0 aliphatic heterocycles. The van der Waals surface area contributed by atoms with Crippen molar-refractivity contribution in [2.45, 2.75) is 24.4 Å². The summed E-state index contributed by atoms with van der Waals surface area (Å²) in [5.74, 6) is -0.838. The van der Waals surface area contributed by atoms with Crippen molar-refractivity contribution < 1.29 is 30.7 Å².